The summed E-state index contributed by atoms with van der Waals surface area (Å²) in [6.07, 6.45) is 2.58. The van der Waals surface area contributed by atoms with Crippen LogP contribution in [0.1, 0.15) is 18.5 Å². The van der Waals surface area contributed by atoms with E-state index in [4.69, 9.17) is 5.73 Å². The molecule has 7 heteroatoms. The molecule has 0 aliphatic heterocycles. The van der Waals surface area contributed by atoms with Crippen LogP contribution in [-0.4, -0.2) is 18.4 Å². The van der Waals surface area contributed by atoms with E-state index in [1.165, 1.54) is 12.5 Å². The third-order valence-electron chi connectivity index (χ3n) is 2.53. The zero-order chi connectivity index (χ0) is 13.2. The minimum atomic E-state index is -3.57. The Morgan fingerprint density at radius 3 is 2.56 bits per heavy atom. The molecule has 0 fully saturated rings. The van der Waals surface area contributed by atoms with E-state index in [9.17, 15) is 8.42 Å². The number of hydrogen-bond acceptors (Lipinski definition) is 4. The number of aromatic nitrogens is 2. The molecule has 0 saturated carbocycles. The van der Waals surface area contributed by atoms with Crippen LogP contribution in [0.25, 0.3) is 0 Å². The summed E-state index contributed by atoms with van der Waals surface area (Å²) in [6, 6.07) is 6.69. The zero-order valence-electron chi connectivity index (χ0n) is 9.79. The Balaban J connectivity index is 2.17. The molecular formula is C11H14N4O2S. The number of imidazole rings is 1. The summed E-state index contributed by atoms with van der Waals surface area (Å²) in [4.78, 5) is 6.25. The fourth-order valence-corrected chi connectivity index (χ4v) is 2.68. The van der Waals surface area contributed by atoms with E-state index in [0.29, 0.717) is 5.69 Å². The van der Waals surface area contributed by atoms with Crippen molar-refractivity contribution in [2.75, 3.05) is 5.73 Å². The molecule has 1 aromatic carbocycles. The Morgan fingerprint density at radius 1 is 1.33 bits per heavy atom. The van der Waals surface area contributed by atoms with Crippen LogP contribution in [-0.2, 0) is 10.0 Å². The number of benzene rings is 1. The first-order valence-corrected chi connectivity index (χ1v) is 6.83. The van der Waals surface area contributed by atoms with E-state index >= 15 is 0 Å². The van der Waals surface area contributed by atoms with Gasteiger partial charge in [-0.1, -0.05) is 12.1 Å². The van der Waals surface area contributed by atoms with E-state index in [-0.39, 0.29) is 11.1 Å². The van der Waals surface area contributed by atoms with E-state index in [1.54, 1.807) is 31.2 Å². The highest BCUT2D eigenvalue weighted by Crippen LogP contribution is 2.16. The number of nitrogen functional groups attached to an aromatic ring is 1. The van der Waals surface area contributed by atoms with Crippen LogP contribution in [0.15, 0.2) is 41.8 Å². The summed E-state index contributed by atoms with van der Waals surface area (Å²) >= 11 is 0. The summed E-state index contributed by atoms with van der Waals surface area (Å²) in [5.74, 6) is 0. The minimum absolute atomic E-state index is 0.0461. The monoisotopic (exact) mass is 266 g/mol. The van der Waals surface area contributed by atoms with E-state index in [1.807, 2.05) is 0 Å². The van der Waals surface area contributed by atoms with E-state index in [0.717, 1.165) is 5.56 Å². The van der Waals surface area contributed by atoms with Gasteiger partial charge in [-0.05, 0) is 24.6 Å². The van der Waals surface area contributed by atoms with Gasteiger partial charge < -0.3 is 10.7 Å². The van der Waals surface area contributed by atoms with Gasteiger partial charge >= 0.3 is 0 Å². The van der Waals surface area contributed by atoms with Crippen molar-refractivity contribution in [3.8, 4) is 0 Å². The van der Waals surface area contributed by atoms with Crippen molar-refractivity contribution in [1.82, 2.24) is 14.7 Å². The molecule has 1 heterocycles. The first-order chi connectivity index (χ1) is 8.49. The van der Waals surface area contributed by atoms with Crippen LogP contribution in [0, 0.1) is 0 Å². The summed E-state index contributed by atoms with van der Waals surface area (Å²) in [7, 11) is -3.57. The van der Waals surface area contributed by atoms with Gasteiger partial charge in [0, 0.05) is 11.7 Å². The summed E-state index contributed by atoms with van der Waals surface area (Å²) in [5, 5.41) is 0.0461. The van der Waals surface area contributed by atoms with E-state index < -0.39 is 10.0 Å². The average molecular weight is 266 g/mol. The lowest BCUT2D eigenvalue weighted by molar-refractivity contribution is 0.564. The van der Waals surface area contributed by atoms with Crippen LogP contribution in [0.4, 0.5) is 5.69 Å². The van der Waals surface area contributed by atoms with Crippen LogP contribution in [0.2, 0.25) is 0 Å². The van der Waals surface area contributed by atoms with Crippen molar-refractivity contribution < 1.29 is 8.42 Å². The smallest absolute Gasteiger partial charge is 0.258 e. The SMILES string of the molecule is CC(NS(=O)(=O)c1cnc[nH]1)c1ccc(N)cc1. The van der Waals surface area contributed by atoms with Gasteiger partial charge in [0.1, 0.15) is 0 Å². The summed E-state index contributed by atoms with van der Waals surface area (Å²) in [6.45, 7) is 1.76. The summed E-state index contributed by atoms with van der Waals surface area (Å²) in [5.41, 5.74) is 7.06. The molecule has 2 rings (SSSR count). The lowest BCUT2D eigenvalue weighted by Gasteiger charge is -2.13. The maximum Gasteiger partial charge on any atom is 0.258 e. The van der Waals surface area contributed by atoms with Gasteiger partial charge in [-0.3, -0.25) is 0 Å². The standard InChI is InChI=1S/C11H14N4O2S/c1-8(9-2-4-10(12)5-3-9)15-18(16,17)11-6-13-7-14-11/h2-8,15H,12H2,1H3,(H,13,14). The number of anilines is 1. The number of rotatable bonds is 4. The molecule has 0 spiro atoms. The van der Waals surface area contributed by atoms with Crippen LogP contribution < -0.4 is 10.5 Å². The van der Waals surface area contributed by atoms with Gasteiger partial charge in [0.25, 0.3) is 10.0 Å². The Hall–Kier alpha value is -1.86. The Kier molecular flexibility index (Phi) is 3.35. The number of nitrogens with one attached hydrogen (secondary N) is 2. The van der Waals surface area contributed by atoms with Crippen molar-refractivity contribution in [2.45, 2.75) is 18.0 Å². The quantitative estimate of drug-likeness (QED) is 0.719. The predicted octanol–water partition coefficient (Wildman–Crippen LogP) is 1.03. The lowest BCUT2D eigenvalue weighted by Crippen LogP contribution is -2.27. The molecule has 1 aromatic heterocycles. The Morgan fingerprint density at radius 2 is 2.00 bits per heavy atom. The molecule has 96 valence electrons. The summed E-state index contributed by atoms with van der Waals surface area (Å²) < 4.78 is 26.4. The lowest BCUT2D eigenvalue weighted by atomic mass is 10.1. The molecule has 0 amide bonds. The molecule has 18 heavy (non-hydrogen) atoms. The van der Waals surface area contributed by atoms with E-state index in [2.05, 4.69) is 14.7 Å². The van der Waals surface area contributed by atoms with Crippen LogP contribution in [0.5, 0.6) is 0 Å². The molecule has 0 aliphatic rings. The molecule has 0 aliphatic carbocycles. The van der Waals surface area contributed by atoms with Crippen LogP contribution >= 0.6 is 0 Å². The van der Waals surface area contributed by atoms with Crippen molar-refractivity contribution in [3.63, 3.8) is 0 Å². The van der Waals surface area contributed by atoms with Gasteiger partial charge in [0.2, 0.25) is 0 Å². The molecular weight excluding hydrogens is 252 g/mol. The van der Waals surface area contributed by atoms with Gasteiger partial charge in [0.05, 0.1) is 12.5 Å². The number of nitrogens with zero attached hydrogens (tertiary/aromatic N) is 1. The van der Waals surface area contributed by atoms with Crippen molar-refractivity contribution in [3.05, 3.63) is 42.4 Å². The number of sulfonamides is 1. The Bertz CT molecular complexity index is 605. The second kappa shape index (κ2) is 4.79. The largest absolute Gasteiger partial charge is 0.399 e. The highest BCUT2D eigenvalue weighted by molar-refractivity contribution is 7.89. The highest BCUT2D eigenvalue weighted by atomic mass is 32.2. The fraction of sp³-hybridized carbons (Fsp3) is 0.182. The second-order valence-electron chi connectivity index (χ2n) is 3.93. The van der Waals surface area contributed by atoms with Crippen molar-refractivity contribution >= 4 is 15.7 Å². The number of H-pyrrole nitrogens is 1. The predicted molar refractivity (Wildman–Crippen MR) is 68.2 cm³/mol. The molecule has 1 unspecified atom stereocenters. The molecule has 4 N–H and O–H groups in total. The first kappa shape index (κ1) is 12.6. The van der Waals surface area contributed by atoms with Crippen molar-refractivity contribution in [2.24, 2.45) is 0 Å². The topological polar surface area (TPSA) is 101 Å². The van der Waals surface area contributed by atoms with Crippen molar-refractivity contribution in [1.29, 1.82) is 0 Å². The number of hydrogen-bond donors (Lipinski definition) is 3. The fourth-order valence-electron chi connectivity index (χ4n) is 1.54. The second-order valence-corrected chi connectivity index (χ2v) is 5.61. The third-order valence-corrected chi connectivity index (χ3v) is 4.00. The molecule has 2 aromatic rings. The minimum Gasteiger partial charge on any atom is -0.399 e. The zero-order valence-corrected chi connectivity index (χ0v) is 10.6. The van der Waals surface area contributed by atoms with Crippen LogP contribution in [0.3, 0.4) is 0 Å². The highest BCUT2D eigenvalue weighted by Gasteiger charge is 2.19. The van der Waals surface area contributed by atoms with Gasteiger partial charge in [-0.15, -0.1) is 0 Å². The van der Waals surface area contributed by atoms with Gasteiger partial charge in [0.15, 0.2) is 5.03 Å². The molecule has 0 radical (unpaired) electrons. The third kappa shape index (κ3) is 2.69. The maximum atomic E-state index is 11.9. The number of nitrogens with two attached hydrogens (primary N) is 1. The molecule has 6 nitrogen and oxygen atoms in total. The van der Waals surface area contributed by atoms with Gasteiger partial charge in [-0.25, -0.2) is 18.1 Å². The number of aromatic amines is 1. The molecule has 0 saturated heterocycles. The first-order valence-electron chi connectivity index (χ1n) is 5.35. The average Bonchev–Trinajstić information content (AvgIpc) is 2.83. The molecule has 1 atom stereocenters. The Labute approximate surface area is 105 Å². The maximum absolute atomic E-state index is 11.9. The normalized spacial score (nSPS) is 13.4. The molecule has 0 bridgehead atoms. The van der Waals surface area contributed by atoms with Gasteiger partial charge in [-0.2, -0.15) is 0 Å².